The minimum atomic E-state index is -0.731. The van der Waals surface area contributed by atoms with Crippen molar-refractivity contribution in [3.05, 3.63) is 81.3 Å². The summed E-state index contributed by atoms with van der Waals surface area (Å²) in [7, 11) is 0. The normalized spacial score (nSPS) is 20.0. The maximum Gasteiger partial charge on any atom is 0.410 e. The van der Waals surface area contributed by atoms with Gasteiger partial charge in [0.2, 0.25) is 0 Å². The van der Waals surface area contributed by atoms with Crippen LogP contribution in [0.4, 0.5) is 4.79 Å². The van der Waals surface area contributed by atoms with Gasteiger partial charge in [0.05, 0.1) is 42.0 Å². The Balaban J connectivity index is 1.31. The van der Waals surface area contributed by atoms with Crippen molar-refractivity contribution in [2.24, 2.45) is 0 Å². The molecule has 1 unspecified atom stereocenters. The van der Waals surface area contributed by atoms with Crippen LogP contribution in [0.15, 0.2) is 54.2 Å². The number of hydrogen-bond acceptors (Lipinski definition) is 8. The van der Waals surface area contributed by atoms with Crippen LogP contribution in [-0.2, 0) is 11.2 Å². The molecule has 2 aromatic carbocycles. The second-order valence-corrected chi connectivity index (χ2v) is 12.6. The Morgan fingerprint density at radius 1 is 1.02 bits per heavy atom. The number of benzene rings is 2. The number of aromatic nitrogens is 1. The fourth-order valence-corrected chi connectivity index (χ4v) is 6.40. The molecule has 2 atom stereocenters. The lowest BCUT2D eigenvalue weighted by Gasteiger charge is -2.40. The molecule has 0 bridgehead atoms. The van der Waals surface area contributed by atoms with Gasteiger partial charge >= 0.3 is 6.09 Å². The highest BCUT2D eigenvalue weighted by Gasteiger charge is 2.43. The van der Waals surface area contributed by atoms with Crippen molar-refractivity contribution in [3.8, 4) is 5.75 Å². The number of nitrogens with zero attached hydrogens (tertiary/aromatic N) is 4. The van der Waals surface area contributed by atoms with E-state index in [0.29, 0.717) is 54.2 Å². The Kier molecular flexibility index (Phi) is 7.22. The molecule has 0 spiro atoms. The number of ether oxygens (including phenoxy) is 2. The number of fused-ring (bicyclic) bond motifs is 2. The Morgan fingerprint density at radius 3 is 2.43 bits per heavy atom. The number of thiazole rings is 1. The molecule has 1 fully saturated rings. The highest BCUT2D eigenvalue weighted by atomic mass is 32.1. The number of amides is 4. The molecule has 3 aliphatic rings. The van der Waals surface area contributed by atoms with E-state index in [2.05, 4.69) is 4.98 Å². The third-order valence-corrected chi connectivity index (χ3v) is 8.48. The third kappa shape index (κ3) is 5.24. The Labute approximate surface area is 247 Å². The van der Waals surface area contributed by atoms with E-state index >= 15 is 0 Å². The standard InChI is InChI=1S/C31H32N4O6S/c1-31(2,3)41-30(39)34-14-11-19-7-6-10-24(40-20-12-13-33(16-20)29(38)25-15-32-18-42-25)26(19)23(34)17-35-27(36)21-8-4-5-9-22(21)28(35)37/h4-10,15,18,20,23H,11-14,16-17H2,1-3H3/t20-,23?/m0/s1. The molecule has 6 rings (SSSR count). The van der Waals surface area contributed by atoms with Gasteiger partial charge in [-0.25, -0.2) is 4.79 Å². The van der Waals surface area contributed by atoms with Crippen LogP contribution < -0.4 is 4.74 Å². The minimum Gasteiger partial charge on any atom is -0.488 e. The molecule has 0 saturated carbocycles. The summed E-state index contributed by atoms with van der Waals surface area (Å²) < 4.78 is 12.3. The van der Waals surface area contributed by atoms with Crippen molar-refractivity contribution in [1.82, 2.24) is 19.7 Å². The average Bonchev–Trinajstić information content (AvgIpc) is 3.71. The Hall–Kier alpha value is -4.25. The highest BCUT2D eigenvalue weighted by Crippen LogP contribution is 2.40. The lowest BCUT2D eigenvalue weighted by molar-refractivity contribution is 0.00936. The molecule has 1 saturated heterocycles. The van der Waals surface area contributed by atoms with E-state index in [4.69, 9.17) is 9.47 Å². The van der Waals surface area contributed by atoms with Crippen LogP contribution in [0.2, 0.25) is 0 Å². The smallest absolute Gasteiger partial charge is 0.410 e. The summed E-state index contributed by atoms with van der Waals surface area (Å²) in [6, 6.07) is 11.8. The van der Waals surface area contributed by atoms with Gasteiger partial charge in [0.25, 0.3) is 17.7 Å². The number of rotatable bonds is 5. The summed E-state index contributed by atoms with van der Waals surface area (Å²) >= 11 is 1.31. The summed E-state index contributed by atoms with van der Waals surface area (Å²) in [4.78, 5) is 62.3. The molecule has 218 valence electrons. The fourth-order valence-electron chi connectivity index (χ4n) is 5.81. The zero-order valence-corrected chi connectivity index (χ0v) is 24.6. The zero-order valence-electron chi connectivity index (χ0n) is 23.7. The van der Waals surface area contributed by atoms with Crippen molar-refractivity contribution >= 4 is 35.2 Å². The third-order valence-electron chi connectivity index (χ3n) is 7.72. The summed E-state index contributed by atoms with van der Waals surface area (Å²) in [5, 5.41) is 0. The van der Waals surface area contributed by atoms with E-state index in [9.17, 15) is 19.2 Å². The number of hydrogen-bond donors (Lipinski definition) is 0. The second kappa shape index (κ2) is 10.9. The Bertz CT molecular complexity index is 1510. The quantitative estimate of drug-likeness (QED) is 0.402. The molecule has 0 N–H and O–H groups in total. The maximum absolute atomic E-state index is 13.5. The van der Waals surface area contributed by atoms with E-state index in [-0.39, 0.29) is 18.6 Å². The summed E-state index contributed by atoms with van der Waals surface area (Å²) in [5.41, 5.74) is 3.33. The van der Waals surface area contributed by atoms with Gasteiger partial charge in [-0.3, -0.25) is 29.2 Å². The van der Waals surface area contributed by atoms with Crippen LogP contribution in [0.5, 0.6) is 5.75 Å². The maximum atomic E-state index is 13.5. The fraction of sp³-hybridized carbons (Fsp3) is 0.387. The van der Waals surface area contributed by atoms with Gasteiger partial charge < -0.3 is 14.4 Å². The van der Waals surface area contributed by atoms with Crippen LogP contribution in [0.25, 0.3) is 0 Å². The first-order valence-corrected chi connectivity index (χ1v) is 14.9. The van der Waals surface area contributed by atoms with Gasteiger partial charge in [-0.2, -0.15) is 0 Å². The molecule has 42 heavy (non-hydrogen) atoms. The van der Waals surface area contributed by atoms with Gasteiger partial charge in [0, 0.05) is 25.1 Å². The molecule has 4 amide bonds. The second-order valence-electron chi connectivity index (χ2n) is 11.7. The average molecular weight is 589 g/mol. The van der Waals surface area contributed by atoms with E-state index in [0.717, 1.165) is 11.1 Å². The lowest BCUT2D eigenvalue weighted by Crippen LogP contribution is -2.48. The van der Waals surface area contributed by atoms with Crippen LogP contribution in [0.1, 0.15) is 74.7 Å². The minimum absolute atomic E-state index is 0.0420. The summed E-state index contributed by atoms with van der Waals surface area (Å²) in [6.07, 6.45) is 2.00. The van der Waals surface area contributed by atoms with Crippen molar-refractivity contribution in [1.29, 1.82) is 0 Å². The van der Waals surface area contributed by atoms with E-state index in [1.165, 1.54) is 16.2 Å². The molecule has 3 aliphatic heterocycles. The summed E-state index contributed by atoms with van der Waals surface area (Å²) in [6.45, 7) is 6.69. The van der Waals surface area contributed by atoms with E-state index in [1.54, 1.807) is 66.5 Å². The molecule has 1 aromatic heterocycles. The molecular formula is C31H32N4O6S. The van der Waals surface area contributed by atoms with Crippen LogP contribution >= 0.6 is 11.3 Å². The van der Waals surface area contributed by atoms with Gasteiger partial charge in [0.15, 0.2) is 0 Å². The van der Waals surface area contributed by atoms with Crippen LogP contribution in [0.3, 0.4) is 0 Å². The van der Waals surface area contributed by atoms with Crippen LogP contribution in [-0.4, -0.2) is 81.4 Å². The number of imide groups is 1. The molecule has 3 aromatic rings. The van der Waals surface area contributed by atoms with Gasteiger partial charge in [-0.15, -0.1) is 11.3 Å². The predicted octanol–water partition coefficient (Wildman–Crippen LogP) is 4.57. The number of carbonyl (C=O) groups excluding carboxylic acids is 4. The lowest BCUT2D eigenvalue weighted by atomic mass is 9.91. The number of likely N-dealkylation sites (tertiary alicyclic amines) is 1. The zero-order chi connectivity index (χ0) is 29.6. The Morgan fingerprint density at radius 2 is 1.76 bits per heavy atom. The van der Waals surface area contributed by atoms with Gasteiger partial charge in [-0.05, 0) is 51.0 Å². The van der Waals surface area contributed by atoms with E-state index < -0.39 is 29.6 Å². The predicted molar refractivity (Wildman–Crippen MR) is 155 cm³/mol. The molecular weight excluding hydrogens is 556 g/mol. The van der Waals surface area contributed by atoms with E-state index in [1.807, 2.05) is 18.2 Å². The molecule has 11 heteroatoms. The molecule has 10 nitrogen and oxygen atoms in total. The first-order chi connectivity index (χ1) is 20.1. The molecule has 0 aliphatic carbocycles. The van der Waals surface area contributed by atoms with Crippen molar-refractivity contribution in [3.63, 3.8) is 0 Å². The van der Waals surface area contributed by atoms with Crippen LogP contribution in [0, 0.1) is 0 Å². The first kappa shape index (κ1) is 27.9. The highest BCUT2D eigenvalue weighted by molar-refractivity contribution is 7.11. The van der Waals surface area contributed by atoms with Crippen molar-refractivity contribution in [2.45, 2.75) is 51.4 Å². The largest absolute Gasteiger partial charge is 0.488 e. The van der Waals surface area contributed by atoms with Crippen molar-refractivity contribution < 1.29 is 28.7 Å². The SMILES string of the molecule is CC(C)(C)OC(=O)N1CCc2cccc(O[C@H]3CCN(C(=O)c4cncs4)C3)c2C1CN1C(=O)c2ccccc2C1=O. The molecule has 4 heterocycles. The van der Waals surface area contributed by atoms with Crippen molar-refractivity contribution in [2.75, 3.05) is 26.2 Å². The number of carbonyl (C=O) groups is 4. The summed E-state index contributed by atoms with van der Waals surface area (Å²) in [5.74, 6) is -0.283. The molecule has 0 radical (unpaired) electrons. The first-order valence-electron chi connectivity index (χ1n) is 14.0. The van der Waals surface area contributed by atoms with Gasteiger partial charge in [0.1, 0.15) is 22.3 Å². The monoisotopic (exact) mass is 588 g/mol. The van der Waals surface area contributed by atoms with Gasteiger partial charge in [-0.1, -0.05) is 24.3 Å². The topological polar surface area (TPSA) is 109 Å².